The van der Waals surface area contributed by atoms with Gasteiger partial charge in [-0.1, -0.05) is 6.92 Å². The van der Waals surface area contributed by atoms with Crippen LogP contribution in [0.25, 0.3) is 0 Å². The van der Waals surface area contributed by atoms with E-state index in [9.17, 15) is 5.26 Å². The molecule has 1 N–H and O–H groups in total. The van der Waals surface area contributed by atoms with Gasteiger partial charge in [-0.25, -0.2) is 0 Å². The van der Waals surface area contributed by atoms with Gasteiger partial charge in [0.1, 0.15) is 6.04 Å². The molecule has 5 heteroatoms. The molecule has 1 aromatic rings. The Morgan fingerprint density at radius 3 is 2.94 bits per heavy atom. The molecule has 0 bridgehead atoms. The van der Waals surface area contributed by atoms with Crippen LogP contribution in [-0.2, 0) is 0 Å². The summed E-state index contributed by atoms with van der Waals surface area (Å²) in [7, 11) is 0. The minimum Gasteiger partial charge on any atom is -0.454 e. The zero-order valence-electron chi connectivity index (χ0n) is 10.4. The fourth-order valence-electron chi connectivity index (χ4n) is 1.76. The van der Waals surface area contributed by atoms with Crippen LogP contribution in [0.2, 0.25) is 0 Å². The van der Waals surface area contributed by atoms with Crippen molar-refractivity contribution in [1.82, 2.24) is 5.32 Å². The molecule has 1 aliphatic heterocycles. The molecule has 0 spiro atoms. The van der Waals surface area contributed by atoms with E-state index in [1.54, 1.807) is 0 Å². The number of hydrogen-bond acceptors (Lipinski definition) is 4. The average molecular weight is 311 g/mol. The molecule has 1 heterocycles. The van der Waals surface area contributed by atoms with Gasteiger partial charge in [0.25, 0.3) is 0 Å². The summed E-state index contributed by atoms with van der Waals surface area (Å²) >= 11 is 3.44. The Bertz CT molecular complexity index is 485. The number of rotatable bonds is 4. The Hall–Kier alpha value is -1.25. The Morgan fingerprint density at radius 2 is 2.28 bits per heavy atom. The lowest BCUT2D eigenvalue weighted by Crippen LogP contribution is -2.29. The van der Waals surface area contributed by atoms with Gasteiger partial charge in [-0.2, -0.15) is 5.26 Å². The number of halogens is 1. The molecule has 2 rings (SSSR count). The van der Waals surface area contributed by atoms with Crippen molar-refractivity contribution in [2.24, 2.45) is 0 Å². The first-order valence-corrected chi connectivity index (χ1v) is 6.69. The van der Waals surface area contributed by atoms with E-state index in [0.717, 1.165) is 16.5 Å². The topological polar surface area (TPSA) is 54.3 Å². The Balaban J connectivity index is 2.27. The normalized spacial score (nSPS) is 16.1. The summed E-state index contributed by atoms with van der Waals surface area (Å²) in [5.74, 6) is 1.39. The van der Waals surface area contributed by atoms with Crippen LogP contribution in [0.15, 0.2) is 16.6 Å². The van der Waals surface area contributed by atoms with Crippen LogP contribution in [-0.4, -0.2) is 12.8 Å². The first kappa shape index (κ1) is 13.2. The van der Waals surface area contributed by atoms with Crippen LogP contribution >= 0.6 is 15.9 Å². The van der Waals surface area contributed by atoms with Crippen LogP contribution in [0.3, 0.4) is 0 Å². The maximum absolute atomic E-state index is 9.26. The highest BCUT2D eigenvalue weighted by Gasteiger charge is 2.21. The fourth-order valence-corrected chi connectivity index (χ4v) is 2.34. The van der Waals surface area contributed by atoms with Crippen LogP contribution in [0.5, 0.6) is 11.5 Å². The molecule has 2 unspecified atom stereocenters. The predicted molar refractivity (Wildman–Crippen MR) is 71.5 cm³/mol. The van der Waals surface area contributed by atoms with Crippen molar-refractivity contribution < 1.29 is 9.47 Å². The van der Waals surface area contributed by atoms with Crippen molar-refractivity contribution in [3.63, 3.8) is 0 Å². The zero-order valence-corrected chi connectivity index (χ0v) is 12.0. The molecule has 0 aromatic heterocycles. The second kappa shape index (κ2) is 5.59. The quantitative estimate of drug-likeness (QED) is 0.928. The summed E-state index contributed by atoms with van der Waals surface area (Å²) in [6.07, 6.45) is 0.976. The van der Waals surface area contributed by atoms with Crippen LogP contribution in [0.4, 0.5) is 0 Å². The number of nitrogens with one attached hydrogen (secondary N) is 1. The van der Waals surface area contributed by atoms with Gasteiger partial charge in [0, 0.05) is 6.04 Å². The Kier molecular flexibility index (Phi) is 4.10. The largest absolute Gasteiger partial charge is 0.454 e. The molecule has 96 valence electrons. The van der Waals surface area contributed by atoms with Crippen molar-refractivity contribution in [3.8, 4) is 17.6 Å². The molecule has 0 radical (unpaired) electrons. The fraction of sp³-hybridized carbons (Fsp3) is 0.462. The zero-order chi connectivity index (χ0) is 13.1. The minimum atomic E-state index is -0.342. The third kappa shape index (κ3) is 2.60. The van der Waals surface area contributed by atoms with Gasteiger partial charge in [-0.05, 0) is 47.0 Å². The third-order valence-corrected chi connectivity index (χ3v) is 3.56. The third-order valence-electron chi connectivity index (χ3n) is 2.98. The summed E-state index contributed by atoms with van der Waals surface area (Å²) in [6.45, 7) is 4.38. The lowest BCUT2D eigenvalue weighted by Gasteiger charge is -2.17. The van der Waals surface area contributed by atoms with Gasteiger partial charge in [-0.15, -0.1) is 0 Å². The molecule has 2 atom stereocenters. The molecule has 0 saturated carbocycles. The number of ether oxygens (including phenoxy) is 2. The molecule has 18 heavy (non-hydrogen) atoms. The molecule has 1 aliphatic rings. The minimum absolute atomic E-state index is 0.230. The number of nitriles is 1. The molecule has 0 saturated heterocycles. The molecule has 1 aromatic carbocycles. The Morgan fingerprint density at radius 1 is 1.50 bits per heavy atom. The van der Waals surface area contributed by atoms with E-state index >= 15 is 0 Å². The average Bonchev–Trinajstić information content (AvgIpc) is 2.84. The monoisotopic (exact) mass is 310 g/mol. The second-order valence-electron chi connectivity index (χ2n) is 4.27. The molecule has 0 amide bonds. The number of nitrogens with zero attached hydrogens (tertiary/aromatic N) is 1. The molecule has 0 aliphatic carbocycles. The van der Waals surface area contributed by atoms with Crippen LogP contribution in [0.1, 0.15) is 31.9 Å². The molecule has 4 nitrogen and oxygen atoms in total. The standard InChI is InChI=1S/C13H15BrN2O2/c1-3-8(2)16-11(6-15)9-4-10(14)13-12(5-9)17-7-18-13/h4-5,8,11,16H,3,7H2,1-2H3. The summed E-state index contributed by atoms with van der Waals surface area (Å²) in [5.41, 5.74) is 0.883. The van der Waals surface area contributed by atoms with E-state index in [1.807, 2.05) is 12.1 Å². The van der Waals surface area contributed by atoms with E-state index in [4.69, 9.17) is 9.47 Å². The summed E-state index contributed by atoms with van der Waals surface area (Å²) in [4.78, 5) is 0. The number of fused-ring (bicyclic) bond motifs is 1. The van der Waals surface area contributed by atoms with Crippen molar-refractivity contribution in [3.05, 3.63) is 22.2 Å². The highest BCUT2D eigenvalue weighted by molar-refractivity contribution is 9.10. The van der Waals surface area contributed by atoms with Gasteiger partial charge in [-0.3, -0.25) is 5.32 Å². The van der Waals surface area contributed by atoms with Crippen molar-refractivity contribution in [2.45, 2.75) is 32.4 Å². The maximum atomic E-state index is 9.26. The van der Waals surface area contributed by atoms with Crippen molar-refractivity contribution in [1.29, 1.82) is 5.26 Å². The first-order valence-electron chi connectivity index (χ1n) is 5.90. The lowest BCUT2D eigenvalue weighted by molar-refractivity contribution is 0.173. The van der Waals surface area contributed by atoms with Gasteiger partial charge in [0.05, 0.1) is 10.5 Å². The number of benzene rings is 1. The van der Waals surface area contributed by atoms with Gasteiger partial charge in [0.2, 0.25) is 6.79 Å². The summed E-state index contributed by atoms with van der Waals surface area (Å²) in [5, 5.41) is 12.5. The van der Waals surface area contributed by atoms with Crippen molar-refractivity contribution in [2.75, 3.05) is 6.79 Å². The van der Waals surface area contributed by atoms with E-state index in [-0.39, 0.29) is 12.8 Å². The molecular weight excluding hydrogens is 296 g/mol. The highest BCUT2D eigenvalue weighted by atomic mass is 79.9. The van der Waals surface area contributed by atoms with E-state index in [0.29, 0.717) is 17.5 Å². The van der Waals surface area contributed by atoms with E-state index < -0.39 is 0 Å². The van der Waals surface area contributed by atoms with Gasteiger partial charge >= 0.3 is 0 Å². The van der Waals surface area contributed by atoms with Crippen LogP contribution < -0.4 is 14.8 Å². The van der Waals surface area contributed by atoms with E-state index in [2.05, 4.69) is 41.2 Å². The molecular formula is C13H15BrN2O2. The van der Waals surface area contributed by atoms with E-state index in [1.165, 1.54) is 0 Å². The number of hydrogen-bond donors (Lipinski definition) is 1. The smallest absolute Gasteiger partial charge is 0.231 e. The lowest BCUT2D eigenvalue weighted by atomic mass is 10.1. The van der Waals surface area contributed by atoms with Gasteiger partial charge < -0.3 is 9.47 Å². The van der Waals surface area contributed by atoms with Gasteiger partial charge in [0.15, 0.2) is 11.5 Å². The van der Waals surface area contributed by atoms with Crippen molar-refractivity contribution >= 4 is 15.9 Å². The van der Waals surface area contributed by atoms with Crippen LogP contribution in [0, 0.1) is 11.3 Å². The second-order valence-corrected chi connectivity index (χ2v) is 5.13. The summed E-state index contributed by atoms with van der Waals surface area (Å²) < 4.78 is 11.5. The molecule has 0 fully saturated rings. The highest BCUT2D eigenvalue weighted by Crippen LogP contribution is 2.41. The maximum Gasteiger partial charge on any atom is 0.231 e. The summed E-state index contributed by atoms with van der Waals surface area (Å²) in [6, 6.07) is 5.98. The SMILES string of the molecule is CCC(C)NC(C#N)c1cc(Br)c2c(c1)OCO2. The first-order chi connectivity index (χ1) is 8.65. The Labute approximate surface area is 115 Å². The predicted octanol–water partition coefficient (Wildman–Crippen LogP) is 3.13.